The van der Waals surface area contributed by atoms with Crippen LogP contribution in [0.25, 0.3) is 0 Å². The first kappa shape index (κ1) is 11.7. The summed E-state index contributed by atoms with van der Waals surface area (Å²) in [5.74, 6) is 0.911. The van der Waals surface area contributed by atoms with Gasteiger partial charge in [0.2, 0.25) is 0 Å². The number of aliphatic hydroxyl groups is 1. The van der Waals surface area contributed by atoms with E-state index >= 15 is 0 Å². The lowest BCUT2D eigenvalue weighted by molar-refractivity contribution is 0.321. The van der Waals surface area contributed by atoms with Crippen LogP contribution in [-0.4, -0.2) is 27.4 Å². The van der Waals surface area contributed by atoms with Crippen molar-refractivity contribution < 1.29 is 9.32 Å². The van der Waals surface area contributed by atoms with Crippen LogP contribution in [0, 0.1) is 0 Å². The molecule has 0 aliphatic rings. The first-order valence-corrected chi connectivity index (χ1v) is 6.30. The molecule has 0 saturated carbocycles. The summed E-state index contributed by atoms with van der Waals surface area (Å²) in [4.78, 5) is 0. The van der Waals surface area contributed by atoms with E-state index in [9.17, 15) is 4.21 Å². The smallest absolute Gasteiger partial charge is 0.0546 e. The van der Waals surface area contributed by atoms with E-state index in [1.165, 1.54) is 0 Å². The third kappa shape index (κ3) is 3.78. The monoisotopic (exact) mass is 232 g/mol. The van der Waals surface area contributed by atoms with Crippen LogP contribution in [0.4, 0.5) is 0 Å². The molecule has 0 unspecified atom stereocenters. The Balaban J connectivity index is 2.46. The van der Waals surface area contributed by atoms with Crippen molar-refractivity contribution in [2.24, 2.45) is 0 Å². The van der Waals surface area contributed by atoms with Crippen molar-refractivity contribution in [2.75, 3.05) is 18.1 Å². The van der Waals surface area contributed by atoms with Crippen molar-refractivity contribution in [1.82, 2.24) is 0 Å². The largest absolute Gasteiger partial charge is 0.395 e. The van der Waals surface area contributed by atoms with Crippen molar-refractivity contribution in [3.05, 3.63) is 34.9 Å². The van der Waals surface area contributed by atoms with E-state index in [1.807, 2.05) is 24.3 Å². The highest BCUT2D eigenvalue weighted by molar-refractivity contribution is 7.84. The van der Waals surface area contributed by atoms with E-state index in [2.05, 4.69) is 0 Å². The second-order valence-corrected chi connectivity index (χ2v) is 5.02. The van der Waals surface area contributed by atoms with E-state index in [0.717, 1.165) is 5.56 Å². The van der Waals surface area contributed by atoms with Gasteiger partial charge in [-0.1, -0.05) is 29.8 Å². The molecule has 0 bridgehead atoms. The second-order valence-electron chi connectivity index (χ2n) is 2.91. The van der Waals surface area contributed by atoms with E-state index in [1.54, 1.807) is 0 Å². The summed E-state index contributed by atoms with van der Waals surface area (Å²) in [6.07, 6.45) is 0.701. The Bertz CT molecular complexity index is 315. The van der Waals surface area contributed by atoms with Gasteiger partial charge in [0.05, 0.1) is 6.61 Å². The molecule has 0 amide bonds. The highest BCUT2D eigenvalue weighted by Gasteiger charge is 2.02. The summed E-state index contributed by atoms with van der Waals surface area (Å²) >= 11 is 5.94. The number of rotatable bonds is 5. The van der Waals surface area contributed by atoms with E-state index in [0.29, 0.717) is 22.9 Å². The lowest BCUT2D eigenvalue weighted by atomic mass is 10.2. The van der Waals surface area contributed by atoms with Gasteiger partial charge in [0.15, 0.2) is 0 Å². The number of aliphatic hydroxyl groups excluding tert-OH is 1. The molecular formula is C10H13ClO2S. The number of hydrogen-bond acceptors (Lipinski definition) is 2. The zero-order valence-electron chi connectivity index (χ0n) is 7.78. The minimum atomic E-state index is -0.937. The highest BCUT2D eigenvalue weighted by Crippen LogP contribution is 2.15. The molecule has 1 aromatic carbocycles. The summed E-state index contributed by atoms with van der Waals surface area (Å²) in [6.45, 7) is -0.0187. The number of benzene rings is 1. The topological polar surface area (TPSA) is 37.3 Å². The fraction of sp³-hybridized carbons (Fsp3) is 0.400. The van der Waals surface area contributed by atoms with Crippen LogP contribution in [0.3, 0.4) is 0 Å². The van der Waals surface area contributed by atoms with E-state index < -0.39 is 10.8 Å². The maximum absolute atomic E-state index is 11.2. The van der Waals surface area contributed by atoms with Gasteiger partial charge in [-0.05, 0) is 18.1 Å². The second kappa shape index (κ2) is 6.17. The van der Waals surface area contributed by atoms with Crippen LogP contribution in [0.5, 0.6) is 0 Å². The van der Waals surface area contributed by atoms with Gasteiger partial charge in [0.25, 0.3) is 0 Å². The summed E-state index contributed by atoms with van der Waals surface area (Å²) in [6, 6.07) is 7.54. The van der Waals surface area contributed by atoms with Crippen molar-refractivity contribution in [1.29, 1.82) is 0 Å². The molecule has 1 N–H and O–H groups in total. The maximum Gasteiger partial charge on any atom is 0.0546 e. The van der Waals surface area contributed by atoms with Crippen molar-refractivity contribution >= 4 is 22.4 Å². The molecule has 1 aromatic rings. The molecule has 0 saturated heterocycles. The molecule has 1 atom stereocenters. The Morgan fingerprint density at radius 2 is 2.00 bits per heavy atom. The van der Waals surface area contributed by atoms with Crippen LogP contribution in [0.15, 0.2) is 24.3 Å². The van der Waals surface area contributed by atoms with Crippen LogP contribution < -0.4 is 0 Å². The summed E-state index contributed by atoms with van der Waals surface area (Å²) < 4.78 is 11.2. The van der Waals surface area contributed by atoms with E-state index in [-0.39, 0.29) is 6.61 Å². The Hall–Kier alpha value is -0.380. The SMILES string of the molecule is O=[S@@](CCO)CCc1ccccc1Cl. The normalized spacial score (nSPS) is 12.7. The lowest BCUT2D eigenvalue weighted by Crippen LogP contribution is -2.08. The predicted molar refractivity (Wildman–Crippen MR) is 60.1 cm³/mol. The quantitative estimate of drug-likeness (QED) is 0.838. The molecule has 1 rings (SSSR count). The minimum Gasteiger partial charge on any atom is -0.395 e. The van der Waals surface area contributed by atoms with Gasteiger partial charge < -0.3 is 5.11 Å². The molecule has 4 heteroatoms. The van der Waals surface area contributed by atoms with Gasteiger partial charge in [0, 0.05) is 27.3 Å². The average molecular weight is 233 g/mol. The molecule has 78 valence electrons. The predicted octanol–water partition coefficient (Wildman–Crippen LogP) is 1.62. The van der Waals surface area contributed by atoms with Crippen LogP contribution in [-0.2, 0) is 17.2 Å². The number of hydrogen-bond donors (Lipinski definition) is 1. The molecular weight excluding hydrogens is 220 g/mol. The molecule has 0 fully saturated rings. The fourth-order valence-electron chi connectivity index (χ4n) is 1.13. The zero-order valence-corrected chi connectivity index (χ0v) is 9.35. The Morgan fingerprint density at radius 3 is 2.64 bits per heavy atom. The summed E-state index contributed by atoms with van der Waals surface area (Å²) in [5, 5.41) is 9.29. The third-order valence-electron chi connectivity index (χ3n) is 1.88. The van der Waals surface area contributed by atoms with Gasteiger partial charge in [0.1, 0.15) is 0 Å². The molecule has 14 heavy (non-hydrogen) atoms. The third-order valence-corrected chi connectivity index (χ3v) is 3.54. The average Bonchev–Trinajstić information content (AvgIpc) is 2.17. The minimum absolute atomic E-state index is 0.0187. The first-order valence-electron chi connectivity index (χ1n) is 4.43. The van der Waals surface area contributed by atoms with Crippen molar-refractivity contribution in [3.8, 4) is 0 Å². The van der Waals surface area contributed by atoms with Gasteiger partial charge in [-0.25, -0.2) is 0 Å². The van der Waals surface area contributed by atoms with Crippen LogP contribution in [0.2, 0.25) is 5.02 Å². The molecule has 0 heterocycles. The Labute approximate surface area is 91.4 Å². The molecule has 2 nitrogen and oxygen atoms in total. The zero-order chi connectivity index (χ0) is 10.4. The first-order chi connectivity index (χ1) is 6.74. The van der Waals surface area contributed by atoms with Gasteiger partial charge in [-0.2, -0.15) is 0 Å². The van der Waals surface area contributed by atoms with Gasteiger partial charge >= 0.3 is 0 Å². The molecule has 0 aliphatic heterocycles. The maximum atomic E-state index is 11.2. The number of halogens is 1. The van der Waals surface area contributed by atoms with E-state index in [4.69, 9.17) is 16.7 Å². The molecule has 0 aromatic heterocycles. The lowest BCUT2D eigenvalue weighted by Gasteiger charge is -2.03. The Morgan fingerprint density at radius 1 is 1.29 bits per heavy atom. The standard InChI is InChI=1S/C10H13ClO2S/c11-10-4-2-1-3-9(10)5-7-14(13)8-6-12/h1-4,12H,5-8H2/t14-/m1/s1. The fourth-order valence-corrected chi connectivity index (χ4v) is 2.21. The summed E-state index contributed by atoms with van der Waals surface area (Å²) in [7, 11) is -0.937. The van der Waals surface area contributed by atoms with Gasteiger partial charge in [-0.15, -0.1) is 0 Å². The summed E-state index contributed by atoms with van der Waals surface area (Å²) in [5.41, 5.74) is 1.01. The molecule has 0 spiro atoms. The van der Waals surface area contributed by atoms with Crippen LogP contribution >= 0.6 is 11.6 Å². The van der Waals surface area contributed by atoms with Crippen molar-refractivity contribution in [3.63, 3.8) is 0 Å². The highest BCUT2D eigenvalue weighted by atomic mass is 35.5. The number of aryl methyl sites for hydroxylation is 1. The molecule has 0 radical (unpaired) electrons. The molecule has 0 aliphatic carbocycles. The van der Waals surface area contributed by atoms with Crippen molar-refractivity contribution in [2.45, 2.75) is 6.42 Å². The van der Waals surface area contributed by atoms with Gasteiger partial charge in [-0.3, -0.25) is 4.21 Å². The Kier molecular flexibility index (Phi) is 5.15. The van der Waals surface area contributed by atoms with Crippen LogP contribution in [0.1, 0.15) is 5.56 Å².